The van der Waals surface area contributed by atoms with Crippen molar-refractivity contribution in [3.63, 3.8) is 0 Å². The molecule has 2 heterocycles. The molecular weight excluding hydrogens is 504 g/mol. The molecule has 35 heavy (non-hydrogen) atoms. The molecular formula is C21H24F3N6O3PS. The number of sulfonamides is 1. The van der Waals surface area contributed by atoms with Gasteiger partial charge in [-0.05, 0) is 43.7 Å². The monoisotopic (exact) mass is 528 g/mol. The van der Waals surface area contributed by atoms with Gasteiger partial charge in [-0.15, -0.1) is 0 Å². The van der Waals surface area contributed by atoms with E-state index in [0.29, 0.717) is 22.8 Å². The first kappa shape index (κ1) is 26.4. The fourth-order valence-electron chi connectivity index (χ4n) is 3.00. The van der Waals surface area contributed by atoms with Crippen molar-refractivity contribution >= 4 is 45.7 Å². The van der Waals surface area contributed by atoms with Gasteiger partial charge in [0.2, 0.25) is 16.0 Å². The second-order valence-electron chi connectivity index (χ2n) is 8.05. The summed E-state index contributed by atoms with van der Waals surface area (Å²) < 4.78 is 77.7. The van der Waals surface area contributed by atoms with Crippen molar-refractivity contribution in [2.24, 2.45) is 0 Å². The molecule has 188 valence electrons. The topological polar surface area (TPSA) is 117 Å². The Balaban J connectivity index is 1.89. The molecule has 2 N–H and O–H groups in total. The zero-order valence-electron chi connectivity index (χ0n) is 19.3. The number of alkyl halides is 3. The lowest BCUT2D eigenvalue weighted by Gasteiger charge is -2.20. The number of nitrogens with zero attached hydrogens (tertiary/aromatic N) is 4. The van der Waals surface area contributed by atoms with Crippen LogP contribution in [0.1, 0.15) is 11.1 Å². The molecule has 2 aromatic heterocycles. The maximum absolute atomic E-state index is 13.6. The normalized spacial score (nSPS) is 12.3. The molecule has 0 fully saturated rings. The Bertz CT molecular complexity index is 1360. The molecule has 1 aromatic carbocycles. The Kier molecular flexibility index (Phi) is 7.42. The van der Waals surface area contributed by atoms with Crippen molar-refractivity contribution in [3.8, 4) is 0 Å². The summed E-state index contributed by atoms with van der Waals surface area (Å²) in [7, 11) is -4.79. The number of anilines is 4. The van der Waals surface area contributed by atoms with Crippen molar-refractivity contribution in [2.45, 2.75) is 12.7 Å². The Morgan fingerprint density at radius 1 is 1.09 bits per heavy atom. The lowest BCUT2D eigenvalue weighted by Crippen LogP contribution is -2.27. The molecule has 0 atom stereocenters. The summed E-state index contributed by atoms with van der Waals surface area (Å²) in [5.74, 6) is -0.508. The molecule has 0 aliphatic rings. The largest absolute Gasteiger partial charge is 0.421 e. The molecule has 0 aliphatic heterocycles. The van der Waals surface area contributed by atoms with Gasteiger partial charge in [-0.1, -0.05) is 6.07 Å². The quantitative estimate of drug-likeness (QED) is 0.423. The maximum atomic E-state index is 13.6. The van der Waals surface area contributed by atoms with Crippen LogP contribution in [0, 0.1) is 0 Å². The molecule has 0 saturated carbocycles. The van der Waals surface area contributed by atoms with Crippen LogP contribution in [-0.2, 0) is 27.3 Å². The van der Waals surface area contributed by atoms with Crippen molar-refractivity contribution in [3.05, 3.63) is 59.9 Å². The van der Waals surface area contributed by atoms with Crippen molar-refractivity contribution < 1.29 is 26.2 Å². The third-order valence-electron chi connectivity index (χ3n) is 4.95. The molecule has 9 nitrogen and oxygen atoms in total. The van der Waals surface area contributed by atoms with E-state index in [4.69, 9.17) is 0 Å². The van der Waals surface area contributed by atoms with E-state index in [-0.39, 0.29) is 18.3 Å². The number of hydrogen-bond acceptors (Lipinski definition) is 8. The van der Waals surface area contributed by atoms with Crippen molar-refractivity contribution in [1.29, 1.82) is 0 Å². The third-order valence-corrected chi connectivity index (χ3v) is 7.66. The lowest BCUT2D eigenvalue weighted by atomic mass is 10.2. The number of pyridine rings is 1. The highest BCUT2D eigenvalue weighted by Gasteiger charge is 2.35. The molecule has 0 spiro atoms. The molecule has 0 unspecified atom stereocenters. The first-order valence-corrected chi connectivity index (χ1v) is 14.6. The van der Waals surface area contributed by atoms with Crippen molar-refractivity contribution in [2.75, 3.05) is 41.6 Å². The average molecular weight is 528 g/mol. The van der Waals surface area contributed by atoms with Crippen LogP contribution in [0.15, 0.2) is 48.8 Å². The Labute approximate surface area is 201 Å². The van der Waals surface area contributed by atoms with E-state index in [0.717, 1.165) is 10.6 Å². The Morgan fingerprint density at radius 3 is 2.31 bits per heavy atom. The molecule has 0 bridgehead atoms. The number of hydrogen-bond donors (Lipinski definition) is 2. The van der Waals surface area contributed by atoms with Gasteiger partial charge in [-0.25, -0.2) is 18.4 Å². The van der Waals surface area contributed by atoms with Gasteiger partial charge in [0, 0.05) is 42.5 Å². The summed E-state index contributed by atoms with van der Waals surface area (Å²) in [6.45, 7) is 3.08. The van der Waals surface area contributed by atoms with Crippen LogP contribution >= 0.6 is 7.14 Å². The summed E-state index contributed by atoms with van der Waals surface area (Å²) in [6.07, 6.45) is -1.69. The molecule has 3 aromatic rings. The van der Waals surface area contributed by atoms with E-state index in [1.54, 1.807) is 49.7 Å². The minimum absolute atomic E-state index is 0.0766. The van der Waals surface area contributed by atoms with Crippen LogP contribution in [0.25, 0.3) is 0 Å². The van der Waals surface area contributed by atoms with Gasteiger partial charge in [-0.2, -0.15) is 18.2 Å². The molecule has 0 saturated heterocycles. The van der Waals surface area contributed by atoms with Gasteiger partial charge in [0.25, 0.3) is 0 Å². The molecule has 0 aliphatic carbocycles. The molecule has 3 rings (SSSR count). The van der Waals surface area contributed by atoms with Crippen LogP contribution in [0.3, 0.4) is 0 Å². The highest BCUT2D eigenvalue weighted by Crippen LogP contribution is 2.36. The summed E-state index contributed by atoms with van der Waals surface area (Å²) in [6, 6.07) is 9.68. The fraction of sp³-hybridized carbons (Fsp3) is 0.286. The van der Waals surface area contributed by atoms with Crippen LogP contribution < -0.4 is 20.2 Å². The van der Waals surface area contributed by atoms with Gasteiger partial charge in [0.15, 0.2) is 0 Å². The zero-order chi connectivity index (χ0) is 26.0. The third kappa shape index (κ3) is 6.70. The number of nitrogens with one attached hydrogen (secondary N) is 2. The second-order valence-corrected chi connectivity index (χ2v) is 13.3. The van der Waals surface area contributed by atoms with E-state index >= 15 is 0 Å². The van der Waals surface area contributed by atoms with Crippen LogP contribution in [0.5, 0.6) is 0 Å². The minimum atomic E-state index is -4.73. The first-order valence-electron chi connectivity index (χ1n) is 10.1. The second kappa shape index (κ2) is 9.82. The summed E-state index contributed by atoms with van der Waals surface area (Å²) in [5, 5.41) is 6.12. The van der Waals surface area contributed by atoms with E-state index in [1.807, 2.05) is 0 Å². The first-order chi connectivity index (χ1) is 16.2. The fourth-order valence-corrected chi connectivity index (χ4v) is 4.35. The minimum Gasteiger partial charge on any atom is -0.365 e. The molecule has 0 radical (unpaired) electrons. The van der Waals surface area contributed by atoms with Crippen LogP contribution in [0.2, 0.25) is 0 Å². The Morgan fingerprint density at radius 2 is 1.74 bits per heavy atom. The standard InChI is InChI=1S/C21H24F3N6O3PS/c1-30(35(4,32)33)19-14(6-5-11-25-19)12-26-18-17(21(22,23)24)13-27-20(29-18)28-15-7-9-16(10-8-15)34(2,3)31/h5-11,13H,12H2,1-4H3,(H2,26,27,28,29). The van der Waals surface area contributed by atoms with Crippen LogP contribution in [-0.4, -0.2) is 50.0 Å². The SMILES string of the molecule is CN(c1ncccc1CNc1nc(Nc2ccc(P(C)(C)=O)cc2)ncc1C(F)(F)F)S(C)(=O)=O. The van der Waals surface area contributed by atoms with E-state index in [2.05, 4.69) is 25.6 Å². The number of aromatic nitrogens is 3. The predicted octanol–water partition coefficient (Wildman–Crippen LogP) is 3.89. The van der Waals surface area contributed by atoms with Gasteiger partial charge in [0.05, 0.1) is 6.26 Å². The van der Waals surface area contributed by atoms with E-state index in [1.165, 1.54) is 13.2 Å². The predicted molar refractivity (Wildman–Crippen MR) is 131 cm³/mol. The average Bonchev–Trinajstić information content (AvgIpc) is 2.76. The lowest BCUT2D eigenvalue weighted by molar-refractivity contribution is -0.137. The highest BCUT2D eigenvalue weighted by atomic mass is 32.2. The smallest absolute Gasteiger partial charge is 0.365 e. The number of benzene rings is 1. The number of halogens is 3. The van der Waals surface area contributed by atoms with Crippen LogP contribution in [0.4, 0.5) is 36.4 Å². The van der Waals surface area contributed by atoms with Gasteiger partial charge in [0.1, 0.15) is 24.3 Å². The van der Waals surface area contributed by atoms with Gasteiger partial charge >= 0.3 is 6.18 Å². The van der Waals surface area contributed by atoms with Crippen molar-refractivity contribution in [1.82, 2.24) is 15.0 Å². The van der Waals surface area contributed by atoms with Gasteiger partial charge in [-0.3, -0.25) is 4.31 Å². The summed E-state index contributed by atoms with van der Waals surface area (Å²) in [4.78, 5) is 11.8. The zero-order valence-corrected chi connectivity index (χ0v) is 21.0. The Hall–Kier alpha value is -3.18. The summed E-state index contributed by atoms with van der Waals surface area (Å²) in [5.41, 5.74) is -0.240. The molecule has 14 heteroatoms. The summed E-state index contributed by atoms with van der Waals surface area (Å²) >= 11 is 0. The van der Waals surface area contributed by atoms with E-state index in [9.17, 15) is 26.2 Å². The van der Waals surface area contributed by atoms with E-state index < -0.39 is 34.7 Å². The molecule has 0 amide bonds. The maximum Gasteiger partial charge on any atom is 0.421 e. The van der Waals surface area contributed by atoms with Gasteiger partial charge < -0.3 is 15.2 Å². The highest BCUT2D eigenvalue weighted by molar-refractivity contribution is 7.92. The number of rotatable bonds is 8.